The predicted octanol–water partition coefficient (Wildman–Crippen LogP) is 0.550. The lowest BCUT2D eigenvalue weighted by molar-refractivity contribution is -0.142. The monoisotopic (exact) mass is 262 g/mol. The van der Waals surface area contributed by atoms with E-state index in [0.717, 1.165) is 24.9 Å². The largest absolute Gasteiger partial charge is 0.480 e. The van der Waals surface area contributed by atoms with Gasteiger partial charge in [-0.1, -0.05) is 30.3 Å². The minimum absolute atomic E-state index is 0.221. The number of rotatable bonds is 5. The van der Waals surface area contributed by atoms with Gasteiger partial charge in [0.1, 0.15) is 6.04 Å². The number of amides is 1. The fourth-order valence-electron chi connectivity index (χ4n) is 2.23. The van der Waals surface area contributed by atoms with Crippen molar-refractivity contribution in [2.75, 3.05) is 6.54 Å². The predicted molar refractivity (Wildman–Crippen MR) is 70.7 cm³/mol. The van der Waals surface area contributed by atoms with Crippen LogP contribution in [0.3, 0.4) is 0 Å². The Morgan fingerprint density at radius 3 is 2.68 bits per heavy atom. The molecule has 0 spiro atoms. The van der Waals surface area contributed by atoms with Crippen LogP contribution < -0.4 is 10.6 Å². The van der Waals surface area contributed by atoms with Gasteiger partial charge in [-0.25, -0.2) is 4.79 Å². The second kappa shape index (κ2) is 6.33. The first-order chi connectivity index (χ1) is 9.16. The van der Waals surface area contributed by atoms with E-state index >= 15 is 0 Å². The van der Waals surface area contributed by atoms with Crippen LogP contribution in [-0.4, -0.2) is 35.6 Å². The van der Waals surface area contributed by atoms with Gasteiger partial charge in [-0.3, -0.25) is 4.79 Å². The summed E-state index contributed by atoms with van der Waals surface area (Å²) in [5, 5.41) is 14.9. The summed E-state index contributed by atoms with van der Waals surface area (Å²) in [7, 11) is 0. The van der Waals surface area contributed by atoms with Crippen LogP contribution in [-0.2, 0) is 16.0 Å². The number of benzene rings is 1. The lowest BCUT2D eigenvalue weighted by Crippen LogP contribution is -2.49. The van der Waals surface area contributed by atoms with Crippen LogP contribution >= 0.6 is 0 Å². The summed E-state index contributed by atoms with van der Waals surface area (Å²) in [6.45, 7) is 0.814. The van der Waals surface area contributed by atoms with Crippen molar-refractivity contribution in [1.82, 2.24) is 10.6 Å². The Hall–Kier alpha value is -1.88. The number of carboxylic acids is 1. The molecule has 5 heteroatoms. The van der Waals surface area contributed by atoms with Crippen LogP contribution in [0.5, 0.6) is 0 Å². The molecule has 2 rings (SSSR count). The zero-order valence-corrected chi connectivity index (χ0v) is 10.6. The minimum Gasteiger partial charge on any atom is -0.480 e. The molecule has 1 aliphatic rings. The van der Waals surface area contributed by atoms with E-state index < -0.39 is 12.0 Å². The molecule has 5 nitrogen and oxygen atoms in total. The molecule has 3 N–H and O–H groups in total. The number of aliphatic carboxylic acids is 1. The highest BCUT2D eigenvalue weighted by atomic mass is 16.4. The number of hydrogen-bond acceptors (Lipinski definition) is 3. The fourth-order valence-corrected chi connectivity index (χ4v) is 2.23. The van der Waals surface area contributed by atoms with Crippen molar-refractivity contribution in [3.63, 3.8) is 0 Å². The van der Waals surface area contributed by atoms with E-state index in [1.54, 1.807) is 0 Å². The molecule has 0 saturated carbocycles. The number of nitrogens with one attached hydrogen (secondary N) is 2. The third kappa shape index (κ3) is 3.79. The van der Waals surface area contributed by atoms with Crippen molar-refractivity contribution in [3.8, 4) is 0 Å². The normalized spacial score (nSPS) is 19.9. The van der Waals surface area contributed by atoms with Gasteiger partial charge in [0, 0.05) is 6.42 Å². The molecule has 1 aromatic rings. The Morgan fingerprint density at radius 2 is 2.11 bits per heavy atom. The van der Waals surface area contributed by atoms with E-state index in [4.69, 9.17) is 0 Å². The first-order valence-corrected chi connectivity index (χ1v) is 6.47. The zero-order valence-electron chi connectivity index (χ0n) is 10.6. The molecule has 0 unspecified atom stereocenters. The van der Waals surface area contributed by atoms with E-state index in [-0.39, 0.29) is 11.9 Å². The van der Waals surface area contributed by atoms with Crippen molar-refractivity contribution in [2.45, 2.75) is 31.3 Å². The van der Waals surface area contributed by atoms with E-state index in [0.29, 0.717) is 6.42 Å². The SMILES string of the molecule is O=C(O)[C@H](Cc1ccccc1)NC(=O)[C@@H]1CCCN1. The van der Waals surface area contributed by atoms with Crippen molar-refractivity contribution in [3.05, 3.63) is 35.9 Å². The average Bonchev–Trinajstić information content (AvgIpc) is 2.93. The molecule has 1 aliphatic heterocycles. The number of carbonyl (C=O) groups excluding carboxylic acids is 1. The summed E-state index contributed by atoms with van der Waals surface area (Å²) in [4.78, 5) is 23.1. The van der Waals surface area contributed by atoms with Gasteiger partial charge in [0.2, 0.25) is 5.91 Å². The maximum Gasteiger partial charge on any atom is 0.326 e. The first-order valence-electron chi connectivity index (χ1n) is 6.47. The molecule has 0 aromatic heterocycles. The van der Waals surface area contributed by atoms with Gasteiger partial charge in [0.25, 0.3) is 0 Å². The Morgan fingerprint density at radius 1 is 1.37 bits per heavy atom. The average molecular weight is 262 g/mol. The molecule has 1 saturated heterocycles. The Labute approximate surface area is 112 Å². The van der Waals surface area contributed by atoms with E-state index in [1.165, 1.54) is 0 Å². The molecule has 0 bridgehead atoms. The smallest absolute Gasteiger partial charge is 0.326 e. The minimum atomic E-state index is -1.00. The van der Waals surface area contributed by atoms with Crippen molar-refractivity contribution in [1.29, 1.82) is 0 Å². The van der Waals surface area contributed by atoms with Gasteiger partial charge < -0.3 is 15.7 Å². The molecule has 0 aliphatic carbocycles. The van der Waals surface area contributed by atoms with Gasteiger partial charge in [0.15, 0.2) is 0 Å². The number of carbonyl (C=O) groups is 2. The molecule has 0 radical (unpaired) electrons. The maximum atomic E-state index is 11.9. The van der Waals surface area contributed by atoms with Crippen LogP contribution in [0.4, 0.5) is 0 Å². The summed E-state index contributed by atoms with van der Waals surface area (Å²) in [6.07, 6.45) is 2.02. The molecule has 1 amide bonds. The van der Waals surface area contributed by atoms with Crippen LogP contribution in [0.15, 0.2) is 30.3 Å². The van der Waals surface area contributed by atoms with Gasteiger partial charge in [-0.05, 0) is 24.9 Å². The molecular weight excluding hydrogens is 244 g/mol. The summed E-state index contributed by atoms with van der Waals surface area (Å²) >= 11 is 0. The Kier molecular flexibility index (Phi) is 4.52. The summed E-state index contributed by atoms with van der Waals surface area (Å²) in [5.41, 5.74) is 0.898. The van der Waals surface area contributed by atoms with Gasteiger partial charge in [-0.2, -0.15) is 0 Å². The molecule has 1 heterocycles. The van der Waals surface area contributed by atoms with E-state index in [1.807, 2.05) is 30.3 Å². The van der Waals surface area contributed by atoms with Crippen molar-refractivity contribution >= 4 is 11.9 Å². The first kappa shape index (κ1) is 13.5. The zero-order chi connectivity index (χ0) is 13.7. The molecule has 1 fully saturated rings. The third-order valence-corrected chi connectivity index (χ3v) is 3.27. The maximum absolute atomic E-state index is 11.9. The topological polar surface area (TPSA) is 78.4 Å². The van der Waals surface area contributed by atoms with Gasteiger partial charge in [0.05, 0.1) is 6.04 Å². The lowest BCUT2D eigenvalue weighted by atomic mass is 10.1. The molecule has 2 atom stereocenters. The van der Waals surface area contributed by atoms with Gasteiger partial charge in [-0.15, -0.1) is 0 Å². The van der Waals surface area contributed by atoms with Crippen LogP contribution in [0.25, 0.3) is 0 Å². The summed E-state index contributed by atoms with van der Waals surface area (Å²) in [5.74, 6) is -1.23. The highest BCUT2D eigenvalue weighted by molar-refractivity contribution is 5.87. The quantitative estimate of drug-likeness (QED) is 0.724. The second-order valence-electron chi connectivity index (χ2n) is 4.74. The third-order valence-electron chi connectivity index (χ3n) is 3.27. The standard InChI is InChI=1S/C14H18N2O3/c17-13(11-7-4-8-15-11)16-12(14(18)19)9-10-5-2-1-3-6-10/h1-3,5-6,11-12,15H,4,7-9H2,(H,16,17)(H,18,19)/t11-,12-/m0/s1. The van der Waals surface area contributed by atoms with Crippen LogP contribution in [0.2, 0.25) is 0 Å². The van der Waals surface area contributed by atoms with E-state index in [9.17, 15) is 14.7 Å². The highest BCUT2D eigenvalue weighted by Gasteiger charge is 2.27. The highest BCUT2D eigenvalue weighted by Crippen LogP contribution is 2.07. The Balaban J connectivity index is 1.96. The van der Waals surface area contributed by atoms with Gasteiger partial charge >= 0.3 is 5.97 Å². The number of carboxylic acid groups (broad SMARTS) is 1. The van der Waals surface area contributed by atoms with Crippen molar-refractivity contribution in [2.24, 2.45) is 0 Å². The molecule has 19 heavy (non-hydrogen) atoms. The second-order valence-corrected chi connectivity index (χ2v) is 4.74. The lowest BCUT2D eigenvalue weighted by Gasteiger charge is -2.17. The molecular formula is C14H18N2O3. The van der Waals surface area contributed by atoms with Crippen LogP contribution in [0.1, 0.15) is 18.4 Å². The Bertz CT molecular complexity index is 441. The van der Waals surface area contributed by atoms with E-state index in [2.05, 4.69) is 10.6 Å². The molecule has 1 aromatic carbocycles. The van der Waals surface area contributed by atoms with Crippen molar-refractivity contribution < 1.29 is 14.7 Å². The molecule has 102 valence electrons. The number of hydrogen-bond donors (Lipinski definition) is 3. The fraction of sp³-hybridized carbons (Fsp3) is 0.429. The summed E-state index contributed by atoms with van der Waals surface area (Å²) < 4.78 is 0. The van der Waals surface area contributed by atoms with Crippen LogP contribution in [0, 0.1) is 0 Å². The summed E-state index contributed by atoms with van der Waals surface area (Å²) in [6, 6.07) is 8.17.